The van der Waals surface area contributed by atoms with Gasteiger partial charge in [-0.25, -0.2) is 4.57 Å². The van der Waals surface area contributed by atoms with Crippen LogP contribution in [0.2, 0.25) is 0 Å². The van der Waals surface area contributed by atoms with E-state index in [4.69, 9.17) is 0 Å². The summed E-state index contributed by atoms with van der Waals surface area (Å²) >= 11 is 0. The molecule has 0 aliphatic heterocycles. The number of nitrogens with zero attached hydrogens (tertiary/aromatic N) is 2. The Hall–Kier alpha value is -3.91. The van der Waals surface area contributed by atoms with E-state index in [9.17, 15) is 0 Å². The number of rotatable bonds is 4. The van der Waals surface area contributed by atoms with Crippen molar-refractivity contribution in [1.82, 2.24) is 4.57 Å². The van der Waals surface area contributed by atoms with E-state index in [1.807, 2.05) is 0 Å². The van der Waals surface area contributed by atoms with E-state index in [0.717, 1.165) is 12.8 Å². The lowest BCUT2D eigenvalue weighted by atomic mass is 9.97. The highest BCUT2D eigenvalue weighted by atomic mass is 15.0. The fourth-order valence-corrected chi connectivity index (χ4v) is 5.35. The van der Waals surface area contributed by atoms with E-state index in [-0.39, 0.29) is 0 Å². The van der Waals surface area contributed by atoms with Crippen LogP contribution in [0.15, 0.2) is 97.3 Å². The van der Waals surface area contributed by atoms with Crippen LogP contribution in [0.4, 0.5) is 0 Å². The molecule has 6 rings (SSSR count). The lowest BCUT2D eigenvalue weighted by Gasteiger charge is -2.10. The third-order valence-electron chi connectivity index (χ3n) is 7.04. The molecule has 0 unspecified atom stereocenters. The van der Waals surface area contributed by atoms with Crippen molar-refractivity contribution in [1.29, 1.82) is 0 Å². The molecule has 0 amide bonds. The highest BCUT2D eigenvalue weighted by Crippen LogP contribution is 2.32. The second-order valence-corrected chi connectivity index (χ2v) is 9.39. The first kappa shape index (κ1) is 20.7. The van der Waals surface area contributed by atoms with E-state index in [0.29, 0.717) is 0 Å². The highest BCUT2D eigenvalue weighted by molar-refractivity contribution is 6.07. The number of pyridine rings is 1. The van der Waals surface area contributed by atoms with Crippen LogP contribution in [0.1, 0.15) is 24.5 Å². The van der Waals surface area contributed by atoms with Gasteiger partial charge in [-0.05, 0) is 83.4 Å². The van der Waals surface area contributed by atoms with Crippen LogP contribution in [0.5, 0.6) is 0 Å². The predicted molar refractivity (Wildman–Crippen MR) is 144 cm³/mol. The summed E-state index contributed by atoms with van der Waals surface area (Å²) in [5.41, 5.74) is 8.92. The molecule has 34 heavy (non-hydrogen) atoms. The average Bonchev–Trinajstić information content (AvgIpc) is 3.27. The summed E-state index contributed by atoms with van der Waals surface area (Å²) in [6, 6.07) is 31.4. The van der Waals surface area contributed by atoms with E-state index in [1.165, 1.54) is 60.5 Å². The standard InChI is InChI=1S/C32H29N2/c1-4-7-23-9-6-11-28(18-23)34-17-16-24-12-13-26(20-31(24)34)25-14-15-30-29(19-25)32-22(2)8-5-10-27(32)21-33(30)3/h5-6,8-21H,4,7H2,1-3H3/q+1. The van der Waals surface area contributed by atoms with Crippen molar-refractivity contribution < 1.29 is 4.57 Å². The minimum absolute atomic E-state index is 1.11. The molecule has 0 saturated heterocycles. The van der Waals surface area contributed by atoms with Gasteiger partial charge in [0.05, 0.1) is 10.9 Å². The van der Waals surface area contributed by atoms with Crippen molar-refractivity contribution in [3.8, 4) is 16.8 Å². The maximum Gasteiger partial charge on any atom is 0.212 e. The molecule has 0 atom stereocenters. The molecule has 4 aromatic carbocycles. The van der Waals surface area contributed by atoms with Crippen LogP contribution < -0.4 is 4.57 Å². The second-order valence-electron chi connectivity index (χ2n) is 9.39. The number of fused-ring (bicyclic) bond motifs is 4. The number of aryl methyl sites for hydroxylation is 3. The van der Waals surface area contributed by atoms with Gasteiger partial charge in [0.25, 0.3) is 0 Å². The van der Waals surface area contributed by atoms with Gasteiger partial charge in [-0.1, -0.05) is 49.7 Å². The molecule has 2 nitrogen and oxygen atoms in total. The monoisotopic (exact) mass is 441 g/mol. The molecule has 2 heteroatoms. The van der Waals surface area contributed by atoms with Crippen molar-refractivity contribution in [2.24, 2.45) is 7.05 Å². The topological polar surface area (TPSA) is 8.81 Å². The third-order valence-corrected chi connectivity index (χ3v) is 7.04. The van der Waals surface area contributed by atoms with E-state index >= 15 is 0 Å². The third kappa shape index (κ3) is 3.38. The molecule has 0 fully saturated rings. The normalized spacial score (nSPS) is 11.6. The minimum atomic E-state index is 1.11. The van der Waals surface area contributed by atoms with Crippen LogP contribution in [0.3, 0.4) is 0 Å². The zero-order chi connectivity index (χ0) is 23.2. The molecule has 0 N–H and O–H groups in total. The number of aromatic nitrogens is 2. The molecule has 0 aliphatic rings. The molecule has 166 valence electrons. The highest BCUT2D eigenvalue weighted by Gasteiger charge is 2.14. The summed E-state index contributed by atoms with van der Waals surface area (Å²) in [4.78, 5) is 0. The second kappa shape index (κ2) is 8.14. The SMILES string of the molecule is CCCc1cccc(-n2ccc3ccc(-c4ccc5c(c4)c4c(C)cccc4c[n+]5C)cc32)c1. The Balaban J connectivity index is 1.53. The van der Waals surface area contributed by atoms with E-state index in [1.54, 1.807) is 0 Å². The Morgan fingerprint density at radius 2 is 1.62 bits per heavy atom. The molecule has 6 aromatic rings. The summed E-state index contributed by atoms with van der Waals surface area (Å²) in [7, 11) is 2.13. The van der Waals surface area contributed by atoms with Crippen molar-refractivity contribution >= 4 is 32.6 Å². The van der Waals surface area contributed by atoms with Gasteiger partial charge >= 0.3 is 0 Å². The first-order chi connectivity index (χ1) is 16.6. The number of hydrogen-bond acceptors (Lipinski definition) is 0. The first-order valence-electron chi connectivity index (χ1n) is 12.1. The van der Waals surface area contributed by atoms with Gasteiger partial charge in [0, 0.05) is 28.7 Å². The quantitative estimate of drug-likeness (QED) is 0.196. The predicted octanol–water partition coefficient (Wildman–Crippen LogP) is 7.69. The minimum Gasteiger partial charge on any atom is -0.317 e. The van der Waals surface area contributed by atoms with Gasteiger partial charge in [-0.3, -0.25) is 0 Å². The molecule has 0 spiro atoms. The number of hydrogen-bond donors (Lipinski definition) is 0. The summed E-state index contributed by atoms with van der Waals surface area (Å²) in [5, 5.41) is 5.19. The molecule has 0 aliphatic carbocycles. The Kier molecular flexibility index (Phi) is 4.95. The van der Waals surface area contributed by atoms with Gasteiger partial charge in [-0.2, -0.15) is 0 Å². The van der Waals surface area contributed by atoms with Gasteiger partial charge < -0.3 is 4.57 Å². The van der Waals surface area contributed by atoms with Crippen molar-refractivity contribution in [2.45, 2.75) is 26.7 Å². The van der Waals surface area contributed by atoms with Crippen molar-refractivity contribution in [2.75, 3.05) is 0 Å². The van der Waals surface area contributed by atoms with E-state index < -0.39 is 0 Å². The summed E-state index contributed by atoms with van der Waals surface area (Å²) in [6.45, 7) is 4.44. The molecule has 0 radical (unpaired) electrons. The smallest absolute Gasteiger partial charge is 0.212 e. The molecule has 0 saturated carbocycles. The van der Waals surface area contributed by atoms with Gasteiger partial charge in [-0.15, -0.1) is 0 Å². The van der Waals surface area contributed by atoms with Gasteiger partial charge in [0.1, 0.15) is 7.05 Å². The van der Waals surface area contributed by atoms with E-state index in [2.05, 4.69) is 127 Å². The van der Waals surface area contributed by atoms with Crippen LogP contribution >= 0.6 is 0 Å². The Morgan fingerprint density at radius 1 is 0.794 bits per heavy atom. The molecule has 2 heterocycles. The van der Waals surface area contributed by atoms with Crippen molar-refractivity contribution in [3.63, 3.8) is 0 Å². The van der Waals surface area contributed by atoms with Crippen molar-refractivity contribution in [3.05, 3.63) is 108 Å². The Labute approximate surface area is 200 Å². The summed E-state index contributed by atoms with van der Waals surface area (Å²) in [6.07, 6.45) is 6.70. The Morgan fingerprint density at radius 3 is 2.50 bits per heavy atom. The Bertz CT molecular complexity index is 1690. The van der Waals surface area contributed by atoms with Crippen LogP contribution in [0.25, 0.3) is 49.4 Å². The average molecular weight is 442 g/mol. The molecule has 0 bridgehead atoms. The van der Waals surface area contributed by atoms with Gasteiger partial charge in [0.2, 0.25) is 5.52 Å². The molecular weight excluding hydrogens is 412 g/mol. The lowest BCUT2D eigenvalue weighted by molar-refractivity contribution is -0.643. The van der Waals surface area contributed by atoms with Gasteiger partial charge in [0.15, 0.2) is 6.20 Å². The first-order valence-corrected chi connectivity index (χ1v) is 12.1. The fraction of sp³-hybridized carbons (Fsp3) is 0.156. The molecular formula is C32H29N2+. The maximum absolute atomic E-state index is 2.36. The van der Waals surface area contributed by atoms with Crippen LogP contribution in [-0.4, -0.2) is 4.57 Å². The number of benzene rings is 4. The summed E-state index contributed by atoms with van der Waals surface area (Å²) in [5.74, 6) is 0. The van der Waals surface area contributed by atoms with Crippen LogP contribution in [0, 0.1) is 6.92 Å². The molecule has 2 aromatic heterocycles. The zero-order valence-electron chi connectivity index (χ0n) is 20.0. The fourth-order valence-electron chi connectivity index (χ4n) is 5.35. The maximum atomic E-state index is 2.36. The largest absolute Gasteiger partial charge is 0.317 e. The zero-order valence-corrected chi connectivity index (χ0v) is 20.0. The van der Waals surface area contributed by atoms with Crippen LogP contribution in [-0.2, 0) is 13.5 Å². The summed E-state index contributed by atoms with van der Waals surface area (Å²) < 4.78 is 4.55. The lowest BCUT2D eigenvalue weighted by Crippen LogP contribution is -2.28.